The Morgan fingerprint density at radius 1 is 1.19 bits per heavy atom. The van der Waals surface area contributed by atoms with Gasteiger partial charge in [0.05, 0.1) is 5.92 Å². The maximum Gasteiger partial charge on any atom is 0.331 e. The smallest absolute Gasteiger partial charge is 0.331 e. The van der Waals surface area contributed by atoms with Crippen LogP contribution in [-0.4, -0.2) is 24.3 Å². The molecule has 2 aromatic rings. The Kier molecular flexibility index (Phi) is 4.93. The third-order valence-corrected chi connectivity index (χ3v) is 4.12. The van der Waals surface area contributed by atoms with Crippen LogP contribution in [0.3, 0.4) is 0 Å². The quantitative estimate of drug-likeness (QED) is 0.508. The van der Waals surface area contributed by atoms with Gasteiger partial charge in [0.25, 0.3) is 0 Å². The lowest BCUT2D eigenvalue weighted by atomic mass is 9.99. The van der Waals surface area contributed by atoms with Crippen LogP contribution in [0.2, 0.25) is 0 Å². The number of halogens is 1. The Morgan fingerprint density at radius 3 is 2.65 bits per heavy atom. The van der Waals surface area contributed by atoms with Gasteiger partial charge in [-0.05, 0) is 54.5 Å². The number of fused-ring (bicyclic) bond motifs is 1. The molecule has 0 spiro atoms. The zero-order valence-electron chi connectivity index (χ0n) is 14.0. The predicted molar refractivity (Wildman–Crippen MR) is 94.2 cm³/mol. The summed E-state index contributed by atoms with van der Waals surface area (Å²) in [6, 6.07) is 10.5. The number of anilines is 1. The summed E-state index contributed by atoms with van der Waals surface area (Å²) < 4.78 is 17.7. The number of Topliss-reactive ketones (excluding diaryl/α,β-unsaturated/α-hetero) is 1. The molecule has 1 aliphatic heterocycles. The lowest BCUT2D eigenvalue weighted by Gasteiger charge is -2.06. The van der Waals surface area contributed by atoms with Gasteiger partial charge in [-0.25, -0.2) is 9.18 Å². The molecule has 0 bridgehead atoms. The van der Waals surface area contributed by atoms with Crippen molar-refractivity contribution in [3.05, 3.63) is 71.0 Å². The number of nitrogens with one attached hydrogen (secondary N) is 1. The van der Waals surface area contributed by atoms with Crippen LogP contribution in [0.4, 0.5) is 10.1 Å². The van der Waals surface area contributed by atoms with Crippen molar-refractivity contribution in [2.24, 2.45) is 0 Å². The zero-order valence-corrected chi connectivity index (χ0v) is 14.0. The average molecular weight is 353 g/mol. The molecule has 1 heterocycles. The molecule has 3 rings (SSSR count). The van der Waals surface area contributed by atoms with Crippen molar-refractivity contribution >= 4 is 29.4 Å². The lowest BCUT2D eigenvalue weighted by Crippen LogP contribution is -2.13. The SMILES string of the molecule is C[C@@H]1C(=O)Nc2ccc(C(=O)COC(=O)/C=C/c3ccc(F)cc3)cc21. The molecule has 0 fully saturated rings. The molecule has 26 heavy (non-hydrogen) atoms. The highest BCUT2D eigenvalue weighted by Gasteiger charge is 2.27. The minimum Gasteiger partial charge on any atom is -0.454 e. The molecule has 0 unspecified atom stereocenters. The van der Waals surface area contributed by atoms with E-state index in [0.717, 1.165) is 5.56 Å². The third-order valence-electron chi connectivity index (χ3n) is 4.12. The Balaban J connectivity index is 1.58. The summed E-state index contributed by atoms with van der Waals surface area (Å²) in [4.78, 5) is 35.6. The Hall–Kier alpha value is -3.28. The normalized spacial score (nSPS) is 15.6. The van der Waals surface area contributed by atoms with Gasteiger partial charge >= 0.3 is 5.97 Å². The summed E-state index contributed by atoms with van der Waals surface area (Å²) in [6.45, 7) is 1.36. The van der Waals surface area contributed by atoms with Crippen LogP contribution >= 0.6 is 0 Å². The minimum atomic E-state index is -0.672. The molecule has 6 heteroatoms. The number of amides is 1. The number of carbonyl (C=O) groups is 3. The van der Waals surface area contributed by atoms with Crippen molar-refractivity contribution in [2.45, 2.75) is 12.8 Å². The molecule has 2 aromatic carbocycles. The molecule has 132 valence electrons. The first-order valence-corrected chi connectivity index (χ1v) is 8.02. The summed E-state index contributed by atoms with van der Waals surface area (Å²) >= 11 is 0. The highest BCUT2D eigenvalue weighted by atomic mass is 19.1. The van der Waals surface area contributed by atoms with Gasteiger partial charge in [0.1, 0.15) is 5.82 Å². The molecule has 0 saturated carbocycles. The van der Waals surface area contributed by atoms with Crippen LogP contribution in [0, 0.1) is 5.82 Å². The second-order valence-electron chi connectivity index (χ2n) is 5.93. The number of ether oxygens (including phenoxy) is 1. The number of hydrogen-bond donors (Lipinski definition) is 1. The topological polar surface area (TPSA) is 72.5 Å². The van der Waals surface area contributed by atoms with Gasteiger partial charge in [0, 0.05) is 17.3 Å². The van der Waals surface area contributed by atoms with Crippen molar-refractivity contribution in [1.82, 2.24) is 0 Å². The number of esters is 1. The van der Waals surface area contributed by atoms with Crippen molar-refractivity contribution in [2.75, 3.05) is 11.9 Å². The fraction of sp³-hybridized carbons (Fsp3) is 0.150. The standard InChI is InChI=1S/C20H16FNO4/c1-12-16-10-14(5-8-17(16)22-20(12)25)18(23)11-26-19(24)9-4-13-2-6-15(21)7-3-13/h2-10,12H,11H2,1H3,(H,22,25)/b9-4+/t12-/m0/s1. The van der Waals surface area contributed by atoms with E-state index in [4.69, 9.17) is 4.74 Å². The van der Waals surface area contributed by atoms with Gasteiger partial charge < -0.3 is 10.1 Å². The highest BCUT2D eigenvalue weighted by molar-refractivity contribution is 6.05. The van der Waals surface area contributed by atoms with E-state index >= 15 is 0 Å². The zero-order chi connectivity index (χ0) is 18.7. The summed E-state index contributed by atoms with van der Waals surface area (Å²) in [5.41, 5.74) is 2.46. The summed E-state index contributed by atoms with van der Waals surface area (Å²) in [5, 5.41) is 2.73. The molecule has 1 N–H and O–H groups in total. The molecular formula is C20H16FNO4. The van der Waals surface area contributed by atoms with Gasteiger partial charge in [0.2, 0.25) is 5.91 Å². The van der Waals surface area contributed by atoms with E-state index in [2.05, 4.69) is 5.32 Å². The lowest BCUT2D eigenvalue weighted by molar-refractivity contribution is -0.136. The number of carbonyl (C=O) groups excluding carboxylic acids is 3. The first-order chi connectivity index (χ1) is 12.4. The molecule has 0 saturated heterocycles. The molecule has 1 amide bonds. The van der Waals surface area contributed by atoms with E-state index in [1.54, 1.807) is 25.1 Å². The van der Waals surface area contributed by atoms with Crippen LogP contribution in [-0.2, 0) is 14.3 Å². The molecule has 1 aliphatic rings. The van der Waals surface area contributed by atoms with E-state index in [1.807, 2.05) is 0 Å². The second kappa shape index (κ2) is 7.31. The maximum absolute atomic E-state index is 12.8. The van der Waals surface area contributed by atoms with Gasteiger partial charge in [0.15, 0.2) is 12.4 Å². The first kappa shape index (κ1) is 17.5. The summed E-state index contributed by atoms with van der Waals surface area (Å²) in [7, 11) is 0. The van der Waals surface area contributed by atoms with Crippen LogP contribution in [0.1, 0.15) is 34.3 Å². The molecular weight excluding hydrogens is 337 g/mol. The van der Waals surface area contributed by atoms with Gasteiger partial charge in [-0.2, -0.15) is 0 Å². The van der Waals surface area contributed by atoms with Gasteiger partial charge in [-0.15, -0.1) is 0 Å². The number of hydrogen-bond acceptors (Lipinski definition) is 4. The molecule has 0 radical (unpaired) electrons. The summed E-state index contributed by atoms with van der Waals surface area (Å²) in [5.74, 6) is -1.83. The van der Waals surface area contributed by atoms with Crippen molar-refractivity contribution in [1.29, 1.82) is 0 Å². The van der Waals surface area contributed by atoms with Crippen molar-refractivity contribution in [3.63, 3.8) is 0 Å². The minimum absolute atomic E-state index is 0.109. The fourth-order valence-corrected chi connectivity index (χ4v) is 2.60. The average Bonchev–Trinajstić information content (AvgIpc) is 2.93. The molecule has 0 aromatic heterocycles. The molecule has 0 aliphatic carbocycles. The van der Waals surface area contributed by atoms with Crippen molar-refractivity contribution in [3.8, 4) is 0 Å². The third kappa shape index (κ3) is 3.85. The van der Waals surface area contributed by atoms with Gasteiger partial charge in [-0.1, -0.05) is 12.1 Å². The highest BCUT2D eigenvalue weighted by Crippen LogP contribution is 2.32. The largest absolute Gasteiger partial charge is 0.454 e. The van der Waals surface area contributed by atoms with Crippen molar-refractivity contribution < 1.29 is 23.5 Å². The second-order valence-corrected chi connectivity index (χ2v) is 5.93. The van der Waals surface area contributed by atoms with E-state index < -0.39 is 12.6 Å². The maximum atomic E-state index is 12.8. The Morgan fingerprint density at radius 2 is 1.92 bits per heavy atom. The van der Waals surface area contributed by atoms with Crippen LogP contribution in [0.5, 0.6) is 0 Å². The van der Waals surface area contributed by atoms with Gasteiger partial charge in [-0.3, -0.25) is 9.59 Å². The van der Waals surface area contributed by atoms with Crippen LogP contribution < -0.4 is 5.32 Å². The van der Waals surface area contributed by atoms with E-state index in [-0.39, 0.29) is 23.4 Å². The fourth-order valence-electron chi connectivity index (χ4n) is 2.60. The molecule has 1 atom stereocenters. The van der Waals surface area contributed by atoms with Crippen LogP contribution in [0.15, 0.2) is 48.5 Å². The predicted octanol–water partition coefficient (Wildman–Crippen LogP) is 3.32. The number of ketones is 1. The summed E-state index contributed by atoms with van der Waals surface area (Å²) in [6.07, 6.45) is 2.65. The van der Waals surface area contributed by atoms with E-state index in [1.165, 1.54) is 36.4 Å². The molecule has 5 nitrogen and oxygen atoms in total. The Bertz CT molecular complexity index is 903. The number of rotatable bonds is 5. The Labute approximate surface area is 149 Å². The van der Waals surface area contributed by atoms with E-state index in [9.17, 15) is 18.8 Å². The monoisotopic (exact) mass is 353 g/mol. The first-order valence-electron chi connectivity index (χ1n) is 8.02. The van der Waals surface area contributed by atoms with Crippen LogP contribution in [0.25, 0.3) is 6.08 Å². The van der Waals surface area contributed by atoms with E-state index in [0.29, 0.717) is 16.8 Å². The number of benzene rings is 2.